The average molecular weight is 692 g/mol. The Morgan fingerprint density at radius 2 is 1.78 bits per heavy atom. The molecular weight excluding hydrogens is 630 g/mol. The molecule has 0 aromatic carbocycles. The summed E-state index contributed by atoms with van der Waals surface area (Å²) in [5.41, 5.74) is 1.76. The minimum absolute atomic E-state index is 0.0144. The first kappa shape index (κ1) is 41.0. The lowest BCUT2D eigenvalue weighted by atomic mass is 9.83. The molecule has 3 aliphatic heterocycles. The number of esters is 1. The van der Waals surface area contributed by atoms with Gasteiger partial charge in [0.1, 0.15) is 24.0 Å². The molecule has 0 aromatic rings. The molecule has 0 spiro atoms. The van der Waals surface area contributed by atoms with Crippen molar-refractivity contribution in [1.82, 2.24) is 4.90 Å². The van der Waals surface area contributed by atoms with Gasteiger partial charge < -0.3 is 34.1 Å². The molecule has 2 fully saturated rings. The highest BCUT2D eigenvalue weighted by molar-refractivity contribution is 6.39. The van der Waals surface area contributed by atoms with Gasteiger partial charge in [-0.05, 0) is 76.7 Å². The van der Waals surface area contributed by atoms with Crippen LogP contribution in [0.15, 0.2) is 23.3 Å². The molecule has 11 heteroatoms. The van der Waals surface area contributed by atoms with E-state index in [2.05, 4.69) is 0 Å². The van der Waals surface area contributed by atoms with Crippen molar-refractivity contribution in [3.63, 3.8) is 0 Å². The summed E-state index contributed by atoms with van der Waals surface area (Å²) in [6.07, 6.45) is 5.09. The summed E-state index contributed by atoms with van der Waals surface area (Å²) >= 11 is 0. The number of aliphatic hydroxyl groups is 2. The van der Waals surface area contributed by atoms with Crippen LogP contribution in [-0.4, -0.2) is 102 Å². The van der Waals surface area contributed by atoms with Crippen LogP contribution < -0.4 is 0 Å². The molecule has 3 rings (SSSR count). The van der Waals surface area contributed by atoms with Gasteiger partial charge in [0.2, 0.25) is 5.79 Å². The number of ether oxygens (including phenoxy) is 4. The number of hydrogen-bond donors (Lipinski definition) is 2. The fourth-order valence-corrected chi connectivity index (χ4v) is 7.37. The number of carbonyl (C=O) groups is 4. The van der Waals surface area contributed by atoms with Gasteiger partial charge in [-0.15, -0.1) is 0 Å². The van der Waals surface area contributed by atoms with Crippen molar-refractivity contribution in [2.45, 2.75) is 155 Å². The normalized spacial score (nSPS) is 37.0. The van der Waals surface area contributed by atoms with Crippen molar-refractivity contribution in [3.8, 4) is 0 Å². The zero-order valence-corrected chi connectivity index (χ0v) is 30.9. The molecule has 2 saturated heterocycles. The van der Waals surface area contributed by atoms with E-state index in [0.717, 1.165) is 17.6 Å². The second kappa shape index (κ2) is 18.7. The summed E-state index contributed by atoms with van der Waals surface area (Å²) in [6.45, 7) is 11.6. The van der Waals surface area contributed by atoms with Gasteiger partial charge in [0.15, 0.2) is 0 Å². The number of allylic oxidation sites excluding steroid dienone is 3. The van der Waals surface area contributed by atoms with Gasteiger partial charge in [0.05, 0.1) is 18.3 Å². The SMILES string of the molecule is CCC(C)/C=C(\C)[C@@H]1C[C@@H](O)CC(=O)C(CC)/C=C(\C)CCC[C@H](OC)C2OC(O)(C(=O)C(=O)N3CCCC[C@H]3C(=O)O1)C(C)CC2OC. The molecule has 0 radical (unpaired) electrons. The molecule has 278 valence electrons. The largest absolute Gasteiger partial charge is 0.456 e. The Morgan fingerprint density at radius 3 is 2.41 bits per heavy atom. The number of amides is 1. The van der Waals surface area contributed by atoms with E-state index in [-0.39, 0.29) is 49.8 Å². The third-order valence-electron chi connectivity index (χ3n) is 10.7. The molecule has 1 amide bonds. The number of rotatable bonds is 6. The van der Waals surface area contributed by atoms with Gasteiger partial charge in [-0.25, -0.2) is 4.79 Å². The first-order chi connectivity index (χ1) is 23.2. The second-order valence-electron chi connectivity index (χ2n) is 14.5. The monoisotopic (exact) mass is 691 g/mol. The van der Waals surface area contributed by atoms with Crippen LogP contribution in [0.2, 0.25) is 0 Å². The Hall–Kier alpha value is -2.44. The lowest BCUT2D eigenvalue weighted by molar-refractivity contribution is -0.302. The number of Topliss-reactive ketones (excluding diaryl/α,β-unsaturated/α-hetero) is 2. The maximum absolute atomic E-state index is 14.0. The lowest BCUT2D eigenvalue weighted by Crippen LogP contribution is -2.64. The van der Waals surface area contributed by atoms with E-state index in [1.165, 1.54) is 19.1 Å². The standard InChI is InChI=1S/C38H61NO10/c1-9-23(3)18-25(5)32-22-28(40)21-30(41)27(10-2)19-24(4)14-13-16-31(46-7)34-33(47-8)20-26(6)38(45,49-34)35(42)36(43)39-17-12-11-15-29(39)37(44)48-32/h18-19,23,26-29,31-34,40,45H,9-17,20-22H2,1-8H3/b24-19+,25-18+/t23?,26?,27?,28-,29-,31-,32-,33?,34?,38?/m0/s1. The zero-order chi connectivity index (χ0) is 36.5. The number of piperidine rings is 1. The van der Waals surface area contributed by atoms with Crippen LogP contribution in [0.5, 0.6) is 0 Å². The van der Waals surface area contributed by atoms with Crippen molar-refractivity contribution in [1.29, 1.82) is 0 Å². The smallest absolute Gasteiger partial charge is 0.329 e. The summed E-state index contributed by atoms with van der Waals surface area (Å²) in [5, 5.41) is 23.0. The predicted octanol–water partition coefficient (Wildman–Crippen LogP) is 4.85. The number of cyclic esters (lactones) is 1. The molecule has 0 aromatic heterocycles. The Kier molecular flexibility index (Phi) is 15.6. The van der Waals surface area contributed by atoms with Crippen LogP contribution in [0.1, 0.15) is 112 Å². The van der Waals surface area contributed by atoms with E-state index < -0.39 is 65.9 Å². The summed E-state index contributed by atoms with van der Waals surface area (Å²) < 4.78 is 23.8. The van der Waals surface area contributed by atoms with E-state index in [1.807, 2.05) is 46.8 Å². The fourth-order valence-electron chi connectivity index (χ4n) is 7.37. The van der Waals surface area contributed by atoms with Crippen LogP contribution in [-0.2, 0) is 38.1 Å². The number of fused-ring (bicyclic) bond motifs is 3. The second-order valence-corrected chi connectivity index (χ2v) is 14.5. The molecule has 3 aliphatic rings. The number of aliphatic hydroxyl groups excluding tert-OH is 1. The summed E-state index contributed by atoms with van der Waals surface area (Å²) in [6, 6.07) is -1.06. The Balaban J connectivity index is 2.06. The quantitative estimate of drug-likeness (QED) is 0.225. The van der Waals surface area contributed by atoms with Gasteiger partial charge in [0.25, 0.3) is 11.7 Å². The van der Waals surface area contributed by atoms with Crippen molar-refractivity contribution < 1.29 is 48.3 Å². The topological polar surface area (TPSA) is 149 Å². The summed E-state index contributed by atoms with van der Waals surface area (Å²) in [5.74, 6) is -6.35. The molecule has 2 N–H and O–H groups in total. The van der Waals surface area contributed by atoms with E-state index >= 15 is 0 Å². The number of methoxy groups -OCH3 is 2. The first-order valence-electron chi connectivity index (χ1n) is 18.3. The van der Waals surface area contributed by atoms with Crippen molar-refractivity contribution in [3.05, 3.63) is 23.3 Å². The maximum Gasteiger partial charge on any atom is 0.329 e. The molecule has 11 nitrogen and oxygen atoms in total. The van der Waals surface area contributed by atoms with E-state index in [0.29, 0.717) is 38.5 Å². The Labute approximate surface area is 292 Å². The molecule has 10 atom stereocenters. The number of carbonyl (C=O) groups excluding carboxylic acids is 4. The average Bonchev–Trinajstić information content (AvgIpc) is 3.08. The van der Waals surface area contributed by atoms with E-state index in [1.54, 1.807) is 6.92 Å². The molecule has 6 unspecified atom stereocenters. The third kappa shape index (κ3) is 10.3. The number of hydrogen-bond acceptors (Lipinski definition) is 10. The van der Waals surface area contributed by atoms with Crippen LogP contribution in [0.25, 0.3) is 0 Å². The van der Waals surface area contributed by atoms with Gasteiger partial charge >= 0.3 is 5.97 Å². The Morgan fingerprint density at radius 1 is 1.08 bits per heavy atom. The highest BCUT2D eigenvalue weighted by Crippen LogP contribution is 2.38. The summed E-state index contributed by atoms with van der Waals surface area (Å²) in [4.78, 5) is 56.4. The lowest BCUT2D eigenvalue weighted by Gasteiger charge is -2.46. The van der Waals surface area contributed by atoms with Gasteiger partial charge in [-0.3, -0.25) is 14.4 Å². The molecule has 3 heterocycles. The van der Waals surface area contributed by atoms with Gasteiger partial charge in [0, 0.05) is 45.4 Å². The Bertz CT molecular complexity index is 1210. The van der Waals surface area contributed by atoms with Crippen molar-refractivity contribution in [2.24, 2.45) is 17.8 Å². The zero-order valence-electron chi connectivity index (χ0n) is 30.9. The van der Waals surface area contributed by atoms with Gasteiger partial charge in [-0.2, -0.15) is 0 Å². The molecular formula is C38H61NO10. The van der Waals surface area contributed by atoms with Gasteiger partial charge in [-0.1, -0.05) is 51.8 Å². The number of ketones is 2. The van der Waals surface area contributed by atoms with Crippen LogP contribution in [0.4, 0.5) is 0 Å². The minimum atomic E-state index is -2.45. The molecule has 2 bridgehead atoms. The van der Waals surface area contributed by atoms with Crippen molar-refractivity contribution in [2.75, 3.05) is 20.8 Å². The molecule has 49 heavy (non-hydrogen) atoms. The molecule has 0 saturated carbocycles. The third-order valence-corrected chi connectivity index (χ3v) is 10.7. The highest BCUT2D eigenvalue weighted by Gasteiger charge is 2.56. The fraction of sp³-hybridized carbons (Fsp3) is 0.789. The molecule has 0 aliphatic carbocycles. The van der Waals surface area contributed by atoms with Crippen LogP contribution in [0, 0.1) is 17.8 Å². The maximum atomic E-state index is 14.0. The van der Waals surface area contributed by atoms with E-state index in [4.69, 9.17) is 18.9 Å². The summed E-state index contributed by atoms with van der Waals surface area (Å²) in [7, 11) is 3.07. The first-order valence-corrected chi connectivity index (χ1v) is 18.3. The predicted molar refractivity (Wildman–Crippen MR) is 184 cm³/mol. The highest BCUT2D eigenvalue weighted by atomic mass is 16.7. The minimum Gasteiger partial charge on any atom is -0.456 e. The van der Waals surface area contributed by atoms with Crippen molar-refractivity contribution >= 4 is 23.4 Å². The number of nitrogens with zero attached hydrogens (tertiary/aromatic N) is 1. The van der Waals surface area contributed by atoms with Crippen LogP contribution in [0.3, 0.4) is 0 Å². The van der Waals surface area contributed by atoms with E-state index in [9.17, 15) is 29.4 Å². The van der Waals surface area contributed by atoms with Crippen LogP contribution >= 0.6 is 0 Å².